The van der Waals surface area contributed by atoms with E-state index in [1.807, 2.05) is 13.8 Å². The highest BCUT2D eigenvalue weighted by Crippen LogP contribution is 2.49. The predicted molar refractivity (Wildman–Crippen MR) is 205 cm³/mol. The summed E-state index contributed by atoms with van der Waals surface area (Å²) in [5, 5.41) is 11.4. The van der Waals surface area contributed by atoms with E-state index < -0.39 is 13.6 Å². The molecule has 10 nitrogen and oxygen atoms in total. The fraction of sp³-hybridized carbons (Fsp3) is 0.500. The lowest BCUT2D eigenvalue weighted by Gasteiger charge is -2.39. The molecule has 11 heteroatoms. The second-order valence-corrected chi connectivity index (χ2v) is 16.9. The van der Waals surface area contributed by atoms with Crippen LogP contribution in [0, 0.1) is 0 Å². The molecule has 5 aliphatic rings. The molecule has 1 unspecified atom stereocenters. The van der Waals surface area contributed by atoms with Crippen LogP contribution in [0.1, 0.15) is 109 Å². The van der Waals surface area contributed by atoms with E-state index in [2.05, 4.69) is 21.6 Å². The number of carbonyl (C=O) groups excluding carboxylic acids is 1. The van der Waals surface area contributed by atoms with Crippen molar-refractivity contribution < 1.29 is 33.4 Å². The number of anilines is 1. The third-order valence-electron chi connectivity index (χ3n) is 11.9. The molecule has 53 heavy (non-hydrogen) atoms. The Morgan fingerprint density at radius 1 is 0.887 bits per heavy atom. The minimum atomic E-state index is -4.31. The van der Waals surface area contributed by atoms with Crippen molar-refractivity contribution in [2.75, 3.05) is 50.8 Å². The molecular weight excluding hydrogens is 689 g/mol. The molecule has 1 atom stereocenters. The van der Waals surface area contributed by atoms with Crippen molar-refractivity contribution in [3.63, 3.8) is 0 Å². The number of benzene rings is 3. The highest BCUT2D eigenvalue weighted by molar-refractivity contribution is 7.61. The van der Waals surface area contributed by atoms with Gasteiger partial charge in [0.15, 0.2) is 0 Å². The Morgan fingerprint density at radius 2 is 1.62 bits per heavy atom. The maximum atomic E-state index is 14.5. The molecule has 2 N–H and O–H groups in total. The van der Waals surface area contributed by atoms with E-state index in [1.165, 1.54) is 33.3 Å². The minimum Gasteiger partial charge on any atom is -0.481 e. The van der Waals surface area contributed by atoms with Crippen molar-refractivity contribution in [2.24, 2.45) is 0 Å². The lowest BCUT2D eigenvalue weighted by atomic mass is 9.81. The third-order valence-corrected chi connectivity index (χ3v) is 13.3. The second-order valence-electron chi connectivity index (χ2n) is 15.1. The van der Waals surface area contributed by atoms with E-state index in [9.17, 15) is 19.0 Å². The smallest absolute Gasteiger partial charge is 0.358 e. The first-order valence-electron chi connectivity index (χ1n) is 19.8. The van der Waals surface area contributed by atoms with Gasteiger partial charge < -0.3 is 29.1 Å². The summed E-state index contributed by atoms with van der Waals surface area (Å²) in [5.41, 5.74) is 9.31. The summed E-state index contributed by atoms with van der Waals surface area (Å²) in [6.45, 7) is 9.19. The van der Waals surface area contributed by atoms with Gasteiger partial charge in [-0.25, -0.2) is 4.58 Å². The van der Waals surface area contributed by atoms with E-state index in [0.717, 1.165) is 105 Å². The second kappa shape index (κ2) is 14.7. The van der Waals surface area contributed by atoms with Crippen molar-refractivity contribution in [1.29, 1.82) is 0 Å². The standard InChI is InChI=1S/C42H50N3O7P/c1-3-43(4-2)42(48)30-18-17-29(53(49,50)51-23-7-5-6-16-36(46)47)26-33(30)37-34-24-27-12-8-19-44-21-10-14-31(38(27)44)40(34)52-41-32-15-11-22-45-20-9-13-28(39(32)45)25-35(37)41/h17-18,24-26H,3-16,19-23H2,1-2H3,(H-,46,47,49,50)/p+1. The number of nitrogens with zero attached hydrogens (tertiary/aromatic N) is 3. The molecule has 0 spiro atoms. The maximum absolute atomic E-state index is 14.5. The first-order valence-corrected chi connectivity index (χ1v) is 21.3. The lowest BCUT2D eigenvalue weighted by Crippen LogP contribution is -2.45. The van der Waals surface area contributed by atoms with Crippen molar-refractivity contribution >= 4 is 36.0 Å². The Balaban J connectivity index is 1.37. The van der Waals surface area contributed by atoms with Crippen molar-refractivity contribution in [3.8, 4) is 11.5 Å². The van der Waals surface area contributed by atoms with Gasteiger partial charge in [-0.15, -0.1) is 0 Å². The molecule has 1 amide bonds. The summed E-state index contributed by atoms with van der Waals surface area (Å²) in [5.74, 6) is 0.738. The van der Waals surface area contributed by atoms with E-state index in [0.29, 0.717) is 43.5 Å². The third kappa shape index (κ3) is 6.51. The Bertz CT molecular complexity index is 2170. The molecule has 8 rings (SSSR count). The Morgan fingerprint density at radius 3 is 2.40 bits per heavy atom. The van der Waals surface area contributed by atoms with Crippen molar-refractivity contribution in [2.45, 2.75) is 90.9 Å². The van der Waals surface area contributed by atoms with Crippen LogP contribution >= 0.6 is 7.60 Å². The molecular formula is C42H51N3O7P+. The molecule has 0 aliphatic carbocycles. The van der Waals surface area contributed by atoms with Crippen LogP contribution in [0.3, 0.4) is 0 Å². The molecule has 0 fully saturated rings. The number of unbranched alkanes of at least 4 members (excludes halogenated alkanes) is 2. The quantitative estimate of drug-likeness (QED) is 0.117. The van der Waals surface area contributed by atoms with Crippen LogP contribution in [0.2, 0.25) is 0 Å². The topological polar surface area (TPSA) is 120 Å². The van der Waals surface area contributed by atoms with Crippen LogP contribution in [0.4, 0.5) is 5.69 Å². The first kappa shape index (κ1) is 36.0. The average Bonchev–Trinajstić information content (AvgIpc) is 3.16. The van der Waals surface area contributed by atoms with Gasteiger partial charge in [0.2, 0.25) is 5.36 Å². The normalized spacial score (nSPS) is 17.9. The monoisotopic (exact) mass is 740 g/mol. The molecule has 3 aromatic rings. The summed E-state index contributed by atoms with van der Waals surface area (Å²) in [6, 6.07) is 9.57. The molecule has 3 aromatic carbocycles. The van der Waals surface area contributed by atoms with Gasteiger partial charge in [-0.05, 0) is 107 Å². The summed E-state index contributed by atoms with van der Waals surface area (Å²) in [4.78, 5) is 41.1. The van der Waals surface area contributed by atoms with Crippen molar-refractivity contribution in [1.82, 2.24) is 9.48 Å². The van der Waals surface area contributed by atoms with Gasteiger partial charge in [0.05, 0.1) is 17.5 Å². The van der Waals surface area contributed by atoms with E-state index >= 15 is 0 Å². The zero-order chi connectivity index (χ0) is 36.9. The van der Waals surface area contributed by atoms with Gasteiger partial charge in [0.1, 0.15) is 24.6 Å². The highest BCUT2D eigenvalue weighted by atomic mass is 31.2. The zero-order valence-electron chi connectivity index (χ0n) is 31.0. The number of carboxylic acids is 1. The summed E-state index contributed by atoms with van der Waals surface area (Å²) in [7, 11) is -4.31. The Labute approximate surface area is 311 Å². The molecule has 5 aliphatic heterocycles. The number of hydrogen-bond acceptors (Lipinski definition) is 6. The molecule has 0 bridgehead atoms. The number of hydrogen-bond donors (Lipinski definition) is 2. The SMILES string of the molecule is CCN(CC)C(=O)c1ccc(P(=O)(O)OCCCCCC(=O)O)cc1C1=c2cc3c4c(c2Oc2c1cc1c5c2CCCN5CCC1)CCC[N+]=4CCC3. The predicted octanol–water partition coefficient (Wildman–Crippen LogP) is 5.08. The van der Waals surface area contributed by atoms with Crippen LogP contribution in [-0.2, 0) is 39.6 Å². The number of rotatable bonds is 12. The molecule has 0 saturated carbocycles. The number of ether oxygens (including phenoxy) is 1. The number of carboxylic acid groups (broad SMARTS) is 1. The number of amides is 1. The summed E-state index contributed by atoms with van der Waals surface area (Å²) < 4.78 is 29.4. The molecule has 0 aromatic heterocycles. The largest absolute Gasteiger partial charge is 0.481 e. The Kier molecular flexibility index (Phi) is 9.98. The van der Waals surface area contributed by atoms with Crippen molar-refractivity contribution in [3.05, 3.63) is 79.9 Å². The van der Waals surface area contributed by atoms with Crippen LogP contribution in [0.15, 0.2) is 30.3 Å². The van der Waals surface area contributed by atoms with Gasteiger partial charge in [-0.1, -0.05) is 6.42 Å². The Hall–Kier alpha value is -3.98. The summed E-state index contributed by atoms with van der Waals surface area (Å²) in [6.07, 6.45) is 9.58. The van der Waals surface area contributed by atoms with E-state index in [-0.39, 0.29) is 24.2 Å². The number of aryl methyl sites for hydroxylation is 2. The molecule has 5 heterocycles. The first-order chi connectivity index (χ1) is 25.7. The average molecular weight is 741 g/mol. The lowest BCUT2D eigenvalue weighted by molar-refractivity contribution is -0.137. The fourth-order valence-electron chi connectivity index (χ4n) is 9.40. The fourth-order valence-corrected chi connectivity index (χ4v) is 10.5. The van der Waals surface area contributed by atoms with Gasteiger partial charge in [0, 0.05) is 84.2 Å². The minimum absolute atomic E-state index is 0.0247. The van der Waals surface area contributed by atoms with Crippen LogP contribution in [0.5, 0.6) is 11.5 Å². The molecule has 280 valence electrons. The van der Waals surface area contributed by atoms with E-state index in [4.69, 9.17) is 14.4 Å². The molecule has 0 radical (unpaired) electrons. The van der Waals surface area contributed by atoms with Gasteiger partial charge in [0.25, 0.3) is 5.91 Å². The molecule has 0 saturated heterocycles. The maximum Gasteiger partial charge on any atom is 0.358 e. The summed E-state index contributed by atoms with van der Waals surface area (Å²) >= 11 is 0. The van der Waals surface area contributed by atoms with Crippen LogP contribution < -0.4 is 30.1 Å². The van der Waals surface area contributed by atoms with Gasteiger partial charge >= 0.3 is 13.6 Å². The van der Waals surface area contributed by atoms with Crippen LogP contribution in [0.25, 0.3) is 5.57 Å². The number of carbonyl (C=O) groups is 2. The number of aliphatic carboxylic acids is 1. The van der Waals surface area contributed by atoms with Gasteiger partial charge in [-0.2, -0.15) is 0 Å². The zero-order valence-corrected chi connectivity index (χ0v) is 31.9. The van der Waals surface area contributed by atoms with E-state index in [1.54, 1.807) is 23.1 Å². The van der Waals surface area contributed by atoms with Gasteiger partial charge in [-0.3, -0.25) is 14.2 Å². The highest BCUT2D eigenvalue weighted by Gasteiger charge is 2.37. The number of fused-ring (bicyclic) bond motifs is 4. The van der Waals surface area contributed by atoms with Crippen LogP contribution in [-0.4, -0.2) is 72.7 Å².